The number of amides is 3. The van der Waals surface area contributed by atoms with Crippen molar-refractivity contribution in [3.63, 3.8) is 0 Å². The van der Waals surface area contributed by atoms with E-state index >= 15 is 0 Å². The van der Waals surface area contributed by atoms with Gasteiger partial charge in [0.05, 0.1) is 21.5 Å². The van der Waals surface area contributed by atoms with E-state index in [1.165, 1.54) is 0 Å². The van der Waals surface area contributed by atoms with Crippen LogP contribution >= 0.6 is 46.6 Å². The Kier molecular flexibility index (Phi) is 8.26. The topological polar surface area (TPSA) is 75.7 Å². The number of ether oxygens (including phenoxy) is 1. The molecule has 0 spiro atoms. The number of halogens is 3. The molecule has 0 unspecified atom stereocenters. The minimum atomic E-state index is -0.431. The predicted octanol–water partition coefficient (Wildman–Crippen LogP) is 7.21. The molecule has 0 radical (unpaired) electrons. The average molecular weight is 562 g/mol. The van der Waals surface area contributed by atoms with E-state index in [0.29, 0.717) is 37.6 Å². The number of rotatable bonds is 7. The molecular weight excluding hydrogens is 543 g/mol. The fourth-order valence-electron chi connectivity index (χ4n) is 3.34. The lowest BCUT2D eigenvalue weighted by atomic mass is 10.1. The summed E-state index contributed by atoms with van der Waals surface area (Å²) in [6.45, 7) is 1.69. The maximum Gasteiger partial charge on any atom is 0.293 e. The molecule has 0 bridgehead atoms. The van der Waals surface area contributed by atoms with E-state index in [2.05, 4.69) is 5.32 Å². The van der Waals surface area contributed by atoms with Crippen LogP contribution in [0.5, 0.6) is 5.75 Å². The van der Waals surface area contributed by atoms with Crippen LogP contribution in [0.4, 0.5) is 10.5 Å². The number of thioether (sulfide) groups is 1. The van der Waals surface area contributed by atoms with E-state index in [1.54, 1.807) is 60.7 Å². The van der Waals surface area contributed by atoms with Gasteiger partial charge in [-0.3, -0.25) is 19.3 Å². The second-order valence-corrected chi connectivity index (χ2v) is 10.1. The van der Waals surface area contributed by atoms with Gasteiger partial charge in [0.2, 0.25) is 0 Å². The molecule has 0 atom stereocenters. The molecule has 0 aliphatic carbocycles. The Hall–Kier alpha value is -2.97. The summed E-state index contributed by atoms with van der Waals surface area (Å²) in [6, 6.07) is 17.1. The molecule has 1 heterocycles. The molecule has 1 aliphatic rings. The van der Waals surface area contributed by atoms with Crippen molar-refractivity contribution in [1.82, 2.24) is 4.90 Å². The number of nitrogens with one attached hydrogen (secondary N) is 1. The highest BCUT2D eigenvalue weighted by molar-refractivity contribution is 8.18. The van der Waals surface area contributed by atoms with Crippen molar-refractivity contribution in [2.75, 3.05) is 11.9 Å². The molecule has 3 aromatic rings. The van der Waals surface area contributed by atoms with Gasteiger partial charge in [-0.2, -0.15) is 0 Å². The molecule has 6 nitrogen and oxygen atoms in total. The summed E-state index contributed by atoms with van der Waals surface area (Å²) in [5.41, 5.74) is 2.70. The monoisotopic (exact) mass is 560 g/mol. The van der Waals surface area contributed by atoms with Crippen molar-refractivity contribution in [1.29, 1.82) is 0 Å². The Morgan fingerprint density at radius 2 is 1.78 bits per heavy atom. The SMILES string of the molecule is Cc1ccc(NC(=O)COc2ccccc2/C=C2\SC(=O)N(Cc3ccc(Cl)c(Cl)c3)C2=O)cc1Cl. The van der Waals surface area contributed by atoms with E-state index in [4.69, 9.17) is 39.5 Å². The second-order valence-electron chi connectivity index (χ2n) is 7.85. The molecule has 184 valence electrons. The van der Waals surface area contributed by atoms with E-state index in [9.17, 15) is 14.4 Å². The highest BCUT2D eigenvalue weighted by Crippen LogP contribution is 2.35. The van der Waals surface area contributed by atoms with Crippen LogP contribution in [0.2, 0.25) is 15.1 Å². The van der Waals surface area contributed by atoms with Crippen molar-refractivity contribution in [3.05, 3.63) is 97.3 Å². The molecule has 1 aliphatic heterocycles. The first-order chi connectivity index (χ1) is 17.2. The number of imide groups is 1. The molecule has 3 aromatic carbocycles. The van der Waals surface area contributed by atoms with Crippen LogP contribution in [-0.4, -0.2) is 28.6 Å². The van der Waals surface area contributed by atoms with Gasteiger partial charge in [-0.15, -0.1) is 0 Å². The fourth-order valence-corrected chi connectivity index (χ4v) is 4.67. The summed E-state index contributed by atoms with van der Waals surface area (Å²) in [5, 5.41) is 3.62. The maximum absolute atomic E-state index is 12.9. The predicted molar refractivity (Wildman–Crippen MR) is 145 cm³/mol. The standard InChI is InChI=1S/C26H19Cl3N2O4S/c1-15-6-8-18(12-20(15)28)30-24(32)14-35-22-5-3-2-4-17(22)11-23-25(33)31(26(34)36-23)13-16-7-9-19(27)21(29)10-16/h2-12H,13-14H2,1H3,(H,30,32)/b23-11-. The molecule has 1 saturated heterocycles. The van der Waals surface area contributed by atoms with E-state index in [-0.39, 0.29) is 24.0 Å². The first-order valence-electron chi connectivity index (χ1n) is 10.7. The van der Waals surface area contributed by atoms with Gasteiger partial charge < -0.3 is 10.1 Å². The highest BCUT2D eigenvalue weighted by Gasteiger charge is 2.35. The lowest BCUT2D eigenvalue weighted by molar-refractivity contribution is -0.123. The van der Waals surface area contributed by atoms with Gasteiger partial charge in [-0.25, -0.2) is 0 Å². The van der Waals surface area contributed by atoms with Crippen LogP contribution in [0.3, 0.4) is 0 Å². The summed E-state index contributed by atoms with van der Waals surface area (Å²) in [5.74, 6) is -0.405. The lowest BCUT2D eigenvalue weighted by Gasteiger charge is -2.13. The van der Waals surface area contributed by atoms with Crippen molar-refractivity contribution < 1.29 is 19.1 Å². The molecule has 1 fully saturated rings. The Bertz CT molecular complexity index is 1390. The van der Waals surface area contributed by atoms with Crippen LogP contribution < -0.4 is 10.1 Å². The van der Waals surface area contributed by atoms with Crippen LogP contribution in [0.1, 0.15) is 16.7 Å². The number of para-hydroxylation sites is 1. The van der Waals surface area contributed by atoms with E-state index < -0.39 is 11.1 Å². The van der Waals surface area contributed by atoms with Gasteiger partial charge in [0, 0.05) is 16.3 Å². The third-order valence-electron chi connectivity index (χ3n) is 5.22. The van der Waals surface area contributed by atoms with Crippen molar-refractivity contribution in [2.45, 2.75) is 13.5 Å². The quantitative estimate of drug-likeness (QED) is 0.309. The largest absolute Gasteiger partial charge is 0.483 e. The molecule has 0 saturated carbocycles. The molecule has 4 rings (SSSR count). The zero-order chi connectivity index (χ0) is 25.8. The summed E-state index contributed by atoms with van der Waals surface area (Å²) in [7, 11) is 0. The normalized spacial score (nSPS) is 14.4. The maximum atomic E-state index is 12.9. The molecule has 10 heteroatoms. The Morgan fingerprint density at radius 1 is 1.00 bits per heavy atom. The van der Waals surface area contributed by atoms with Gasteiger partial charge in [0.15, 0.2) is 6.61 Å². The van der Waals surface area contributed by atoms with E-state index in [1.807, 2.05) is 13.0 Å². The second kappa shape index (κ2) is 11.4. The van der Waals surface area contributed by atoms with Gasteiger partial charge in [0.25, 0.3) is 17.1 Å². The summed E-state index contributed by atoms with van der Waals surface area (Å²) < 4.78 is 5.71. The summed E-state index contributed by atoms with van der Waals surface area (Å²) in [4.78, 5) is 39.2. The van der Waals surface area contributed by atoms with Gasteiger partial charge in [-0.05, 0) is 66.2 Å². The molecule has 1 N–H and O–H groups in total. The van der Waals surface area contributed by atoms with Crippen LogP contribution in [0.15, 0.2) is 65.6 Å². The number of carbonyl (C=O) groups is 3. The zero-order valence-electron chi connectivity index (χ0n) is 18.9. The first kappa shape index (κ1) is 26.1. The Balaban J connectivity index is 1.44. The van der Waals surface area contributed by atoms with E-state index in [0.717, 1.165) is 22.2 Å². The number of anilines is 1. The average Bonchev–Trinajstić information content (AvgIpc) is 3.10. The third kappa shape index (κ3) is 6.23. The van der Waals surface area contributed by atoms with Gasteiger partial charge in [-0.1, -0.05) is 65.1 Å². The molecular formula is C26H19Cl3N2O4S. The summed E-state index contributed by atoms with van der Waals surface area (Å²) in [6.07, 6.45) is 1.58. The Morgan fingerprint density at radius 3 is 2.53 bits per heavy atom. The molecule has 36 heavy (non-hydrogen) atoms. The Labute approximate surface area is 227 Å². The number of benzene rings is 3. The number of hydrogen-bond acceptors (Lipinski definition) is 5. The van der Waals surface area contributed by atoms with Crippen molar-refractivity contribution in [3.8, 4) is 5.75 Å². The number of hydrogen-bond donors (Lipinski definition) is 1. The molecule has 3 amide bonds. The molecule has 0 aromatic heterocycles. The minimum absolute atomic E-state index is 0.0697. The zero-order valence-corrected chi connectivity index (χ0v) is 22.0. The minimum Gasteiger partial charge on any atom is -0.483 e. The van der Waals surface area contributed by atoms with Crippen LogP contribution in [-0.2, 0) is 16.1 Å². The van der Waals surface area contributed by atoms with Crippen molar-refractivity contribution in [2.24, 2.45) is 0 Å². The fraction of sp³-hybridized carbons (Fsp3) is 0.115. The number of nitrogens with zero attached hydrogens (tertiary/aromatic N) is 1. The lowest BCUT2D eigenvalue weighted by Crippen LogP contribution is -2.27. The third-order valence-corrected chi connectivity index (χ3v) is 7.27. The summed E-state index contributed by atoms with van der Waals surface area (Å²) >= 11 is 18.9. The van der Waals surface area contributed by atoms with Crippen LogP contribution in [0.25, 0.3) is 6.08 Å². The number of carbonyl (C=O) groups excluding carboxylic acids is 3. The highest BCUT2D eigenvalue weighted by atomic mass is 35.5. The van der Waals surface area contributed by atoms with Crippen molar-refractivity contribution >= 4 is 75.4 Å². The van der Waals surface area contributed by atoms with Crippen LogP contribution in [0, 0.1) is 6.92 Å². The first-order valence-corrected chi connectivity index (χ1v) is 12.6. The van der Waals surface area contributed by atoms with Gasteiger partial charge >= 0.3 is 0 Å². The van der Waals surface area contributed by atoms with Gasteiger partial charge in [0.1, 0.15) is 5.75 Å². The smallest absolute Gasteiger partial charge is 0.293 e. The number of aryl methyl sites for hydroxylation is 1.